The van der Waals surface area contributed by atoms with Crippen molar-refractivity contribution in [3.63, 3.8) is 0 Å². The molecule has 148 valence electrons. The minimum absolute atomic E-state index is 0.255. The van der Waals surface area contributed by atoms with Crippen molar-refractivity contribution in [1.29, 1.82) is 0 Å². The van der Waals surface area contributed by atoms with Crippen LogP contribution in [-0.4, -0.2) is 39.9 Å². The van der Waals surface area contributed by atoms with Gasteiger partial charge in [0.1, 0.15) is 16.8 Å². The molecule has 0 bridgehead atoms. The highest BCUT2D eigenvalue weighted by molar-refractivity contribution is 6.05. The summed E-state index contributed by atoms with van der Waals surface area (Å²) in [5.74, 6) is 0.736. The van der Waals surface area contributed by atoms with Crippen LogP contribution in [0, 0.1) is 0 Å². The molecule has 0 spiro atoms. The minimum Gasteiger partial charge on any atom is -0.494 e. The van der Waals surface area contributed by atoms with Gasteiger partial charge in [0, 0.05) is 37.0 Å². The highest BCUT2D eigenvalue weighted by atomic mass is 16.5. The first-order valence-corrected chi connectivity index (χ1v) is 9.04. The van der Waals surface area contributed by atoms with Gasteiger partial charge < -0.3 is 14.5 Å². The Labute approximate surface area is 167 Å². The first kappa shape index (κ1) is 18.7. The number of nitrogens with zero attached hydrogens (tertiary/aromatic N) is 3. The molecule has 29 heavy (non-hydrogen) atoms. The largest absolute Gasteiger partial charge is 0.494 e. The molecule has 0 fully saturated rings. The van der Waals surface area contributed by atoms with Crippen LogP contribution in [0.25, 0.3) is 22.2 Å². The number of H-pyrrole nitrogens is 1. The van der Waals surface area contributed by atoms with Gasteiger partial charge >= 0.3 is 0 Å². The molecule has 4 aromatic rings. The summed E-state index contributed by atoms with van der Waals surface area (Å²) in [4.78, 5) is 20.4. The number of nitrogens with one attached hydrogen (secondary N) is 2. The summed E-state index contributed by atoms with van der Waals surface area (Å²) in [5.41, 5.74) is 4.76. The molecule has 0 aliphatic carbocycles. The summed E-state index contributed by atoms with van der Waals surface area (Å²) in [5, 5.41) is 7.05. The van der Waals surface area contributed by atoms with E-state index in [1.807, 2.05) is 37.5 Å². The number of amides is 1. The molecule has 0 saturated carbocycles. The maximum Gasteiger partial charge on any atom is 0.257 e. The Balaban J connectivity index is 1.66. The molecule has 0 radical (unpaired) electrons. The fourth-order valence-electron chi connectivity index (χ4n) is 3.19. The second-order valence-electron chi connectivity index (χ2n) is 6.61. The monoisotopic (exact) mass is 391 g/mol. The van der Waals surface area contributed by atoms with Crippen molar-refractivity contribution in [2.45, 2.75) is 6.61 Å². The van der Waals surface area contributed by atoms with Crippen LogP contribution in [0.3, 0.4) is 0 Å². The average Bonchev–Trinajstić information content (AvgIpc) is 3.34. The van der Waals surface area contributed by atoms with Crippen molar-refractivity contribution in [1.82, 2.24) is 19.7 Å². The Morgan fingerprint density at radius 3 is 2.62 bits per heavy atom. The fraction of sp³-hybridized carbons (Fsp3) is 0.190. The summed E-state index contributed by atoms with van der Waals surface area (Å²) >= 11 is 0. The number of anilines is 1. The van der Waals surface area contributed by atoms with Gasteiger partial charge in [-0.1, -0.05) is 12.1 Å². The van der Waals surface area contributed by atoms with Crippen LogP contribution in [0.4, 0.5) is 5.95 Å². The van der Waals surface area contributed by atoms with E-state index < -0.39 is 0 Å². The summed E-state index contributed by atoms with van der Waals surface area (Å²) in [6.07, 6.45) is 3.69. The second kappa shape index (κ2) is 7.76. The number of hydrogen-bond donors (Lipinski definition) is 2. The van der Waals surface area contributed by atoms with Gasteiger partial charge in [0.05, 0.1) is 19.9 Å². The SMILES string of the molecule is COCc1ccc(C(=O)Nc2nc3c(-c4cnn(C)c4)ccc(OC)c3[nH]2)cc1. The van der Waals surface area contributed by atoms with E-state index in [1.165, 1.54) is 0 Å². The van der Waals surface area contributed by atoms with Crippen molar-refractivity contribution in [2.75, 3.05) is 19.5 Å². The Kier molecular flexibility index (Phi) is 5.01. The predicted molar refractivity (Wildman–Crippen MR) is 110 cm³/mol. The molecule has 0 aliphatic heterocycles. The number of imidazole rings is 1. The van der Waals surface area contributed by atoms with Gasteiger partial charge in [-0.2, -0.15) is 5.10 Å². The van der Waals surface area contributed by atoms with Gasteiger partial charge in [-0.25, -0.2) is 4.98 Å². The van der Waals surface area contributed by atoms with Gasteiger partial charge in [-0.3, -0.25) is 14.8 Å². The summed E-state index contributed by atoms with van der Waals surface area (Å²) in [6, 6.07) is 11.0. The minimum atomic E-state index is -0.255. The molecule has 1 amide bonds. The zero-order chi connectivity index (χ0) is 20.4. The lowest BCUT2D eigenvalue weighted by molar-refractivity contribution is 0.102. The Bertz CT molecular complexity index is 1160. The summed E-state index contributed by atoms with van der Waals surface area (Å²) in [6.45, 7) is 0.502. The first-order valence-electron chi connectivity index (χ1n) is 9.04. The zero-order valence-electron chi connectivity index (χ0n) is 16.4. The molecular formula is C21H21N5O3. The highest BCUT2D eigenvalue weighted by Crippen LogP contribution is 2.33. The lowest BCUT2D eigenvalue weighted by Crippen LogP contribution is -2.12. The van der Waals surface area contributed by atoms with Crippen LogP contribution in [0.1, 0.15) is 15.9 Å². The smallest absolute Gasteiger partial charge is 0.257 e. The van der Waals surface area contributed by atoms with E-state index in [4.69, 9.17) is 9.47 Å². The number of carbonyl (C=O) groups is 1. The molecule has 4 rings (SSSR count). The van der Waals surface area contributed by atoms with Crippen LogP contribution in [-0.2, 0) is 18.4 Å². The molecule has 8 nitrogen and oxygen atoms in total. The predicted octanol–water partition coefficient (Wildman–Crippen LogP) is 3.37. The highest BCUT2D eigenvalue weighted by Gasteiger charge is 2.16. The number of aromatic nitrogens is 4. The quantitative estimate of drug-likeness (QED) is 0.526. The zero-order valence-corrected chi connectivity index (χ0v) is 16.4. The maximum atomic E-state index is 12.6. The molecule has 2 heterocycles. The van der Waals surface area contributed by atoms with Crippen molar-refractivity contribution in [3.8, 4) is 16.9 Å². The van der Waals surface area contributed by atoms with E-state index in [1.54, 1.807) is 37.2 Å². The number of carbonyl (C=O) groups excluding carboxylic acids is 1. The molecule has 0 aliphatic rings. The van der Waals surface area contributed by atoms with E-state index in [9.17, 15) is 4.79 Å². The Hall–Kier alpha value is -3.65. The molecule has 2 aromatic heterocycles. The van der Waals surface area contributed by atoms with Gasteiger partial charge in [-0.15, -0.1) is 0 Å². The number of aryl methyl sites for hydroxylation is 1. The molecule has 0 saturated heterocycles. The van der Waals surface area contributed by atoms with E-state index in [2.05, 4.69) is 20.4 Å². The topological polar surface area (TPSA) is 94.1 Å². The number of ether oxygens (including phenoxy) is 2. The third-order valence-electron chi connectivity index (χ3n) is 4.60. The van der Waals surface area contributed by atoms with Crippen molar-refractivity contribution in [3.05, 3.63) is 59.9 Å². The van der Waals surface area contributed by atoms with Gasteiger partial charge in [0.25, 0.3) is 5.91 Å². The van der Waals surface area contributed by atoms with Crippen LogP contribution in [0.5, 0.6) is 5.75 Å². The first-order chi connectivity index (χ1) is 14.1. The third-order valence-corrected chi connectivity index (χ3v) is 4.60. The van der Waals surface area contributed by atoms with E-state index in [0.29, 0.717) is 34.9 Å². The summed E-state index contributed by atoms with van der Waals surface area (Å²) in [7, 11) is 5.09. The number of fused-ring (bicyclic) bond motifs is 1. The van der Waals surface area contributed by atoms with E-state index in [-0.39, 0.29) is 5.91 Å². The molecule has 0 atom stereocenters. The Morgan fingerprint density at radius 1 is 1.17 bits per heavy atom. The van der Waals surface area contributed by atoms with Crippen LogP contribution < -0.4 is 10.1 Å². The molecule has 2 N–H and O–H groups in total. The standard InChI is InChI=1S/C21H21N5O3/c1-26-11-15(10-22-26)16-8-9-17(29-3)19-18(16)23-21(24-19)25-20(27)14-6-4-13(5-7-14)12-28-2/h4-11H,12H2,1-3H3,(H2,23,24,25,27). The van der Waals surface area contributed by atoms with Crippen LogP contribution in [0.15, 0.2) is 48.8 Å². The number of benzene rings is 2. The van der Waals surface area contributed by atoms with Gasteiger partial charge in [0.15, 0.2) is 0 Å². The van der Waals surface area contributed by atoms with Gasteiger partial charge in [-0.05, 0) is 29.8 Å². The number of hydrogen-bond acceptors (Lipinski definition) is 5. The van der Waals surface area contributed by atoms with Crippen LogP contribution >= 0.6 is 0 Å². The number of aromatic amines is 1. The third kappa shape index (κ3) is 3.70. The maximum absolute atomic E-state index is 12.6. The van der Waals surface area contributed by atoms with Crippen LogP contribution in [0.2, 0.25) is 0 Å². The van der Waals surface area contributed by atoms with Crippen molar-refractivity contribution >= 4 is 22.9 Å². The molecule has 2 aromatic carbocycles. The lowest BCUT2D eigenvalue weighted by atomic mass is 10.1. The lowest BCUT2D eigenvalue weighted by Gasteiger charge is -2.04. The average molecular weight is 391 g/mol. The fourth-order valence-corrected chi connectivity index (χ4v) is 3.19. The molecule has 0 unspecified atom stereocenters. The normalized spacial score (nSPS) is 11.0. The second-order valence-corrected chi connectivity index (χ2v) is 6.61. The van der Waals surface area contributed by atoms with E-state index in [0.717, 1.165) is 16.7 Å². The molecule has 8 heteroatoms. The van der Waals surface area contributed by atoms with Gasteiger partial charge in [0.2, 0.25) is 5.95 Å². The number of methoxy groups -OCH3 is 2. The summed E-state index contributed by atoms with van der Waals surface area (Å²) < 4.78 is 12.3. The van der Waals surface area contributed by atoms with Crippen molar-refractivity contribution in [2.24, 2.45) is 7.05 Å². The van der Waals surface area contributed by atoms with Crippen molar-refractivity contribution < 1.29 is 14.3 Å². The Morgan fingerprint density at radius 2 is 1.97 bits per heavy atom. The van der Waals surface area contributed by atoms with E-state index >= 15 is 0 Å². The molecular weight excluding hydrogens is 370 g/mol. The number of rotatable bonds is 6.